The minimum atomic E-state index is -0.839. The first-order valence-electron chi connectivity index (χ1n) is 7.75. The Hall–Kier alpha value is -2.73. The Kier molecular flexibility index (Phi) is 3.74. The van der Waals surface area contributed by atoms with Gasteiger partial charge in [0, 0.05) is 4.91 Å². The summed E-state index contributed by atoms with van der Waals surface area (Å²) in [6.07, 6.45) is -0.839. The van der Waals surface area contributed by atoms with E-state index in [1.807, 2.05) is 53.4 Å². The number of aliphatic hydroxyl groups is 1. The SMILES string of the molecule is [N-]=[N+]=NC1COC[C@H](N2c3ccccc3Oc3ccccc32)[C@@H]1O. The lowest BCUT2D eigenvalue weighted by Gasteiger charge is -2.43. The van der Waals surface area contributed by atoms with Crippen LogP contribution >= 0.6 is 0 Å². The molecule has 2 heterocycles. The summed E-state index contributed by atoms with van der Waals surface area (Å²) in [5.74, 6) is 1.43. The van der Waals surface area contributed by atoms with Crippen molar-refractivity contribution >= 4 is 11.4 Å². The first kappa shape index (κ1) is 14.8. The Bertz CT molecular complexity index is 760. The third-order valence-electron chi connectivity index (χ3n) is 4.37. The number of rotatable bonds is 2. The highest BCUT2D eigenvalue weighted by atomic mass is 16.5. The molecule has 0 aliphatic carbocycles. The van der Waals surface area contributed by atoms with Crippen LogP contribution in [0.2, 0.25) is 0 Å². The molecule has 4 rings (SSSR count). The van der Waals surface area contributed by atoms with Gasteiger partial charge in [0.05, 0.1) is 42.8 Å². The van der Waals surface area contributed by atoms with Gasteiger partial charge < -0.3 is 19.5 Å². The van der Waals surface area contributed by atoms with E-state index in [9.17, 15) is 5.11 Å². The summed E-state index contributed by atoms with van der Waals surface area (Å²) in [5.41, 5.74) is 10.4. The predicted octanol–water partition coefficient (Wildman–Crippen LogP) is 3.37. The lowest BCUT2D eigenvalue weighted by molar-refractivity contribution is -0.0193. The van der Waals surface area contributed by atoms with Crippen molar-refractivity contribution in [2.24, 2.45) is 5.11 Å². The number of hydrogen-bond donors (Lipinski definition) is 1. The molecule has 122 valence electrons. The van der Waals surface area contributed by atoms with Crippen LogP contribution in [0.15, 0.2) is 53.6 Å². The van der Waals surface area contributed by atoms with Crippen LogP contribution in [0.5, 0.6) is 11.5 Å². The van der Waals surface area contributed by atoms with Crippen LogP contribution in [-0.4, -0.2) is 36.5 Å². The number of nitrogens with zero attached hydrogens (tertiary/aromatic N) is 4. The van der Waals surface area contributed by atoms with Gasteiger partial charge in [-0.05, 0) is 29.8 Å². The second kappa shape index (κ2) is 6.05. The Morgan fingerprint density at radius 2 is 1.67 bits per heavy atom. The van der Waals surface area contributed by atoms with E-state index < -0.39 is 12.1 Å². The van der Waals surface area contributed by atoms with Crippen molar-refractivity contribution in [3.8, 4) is 11.5 Å². The van der Waals surface area contributed by atoms with Crippen LogP contribution in [0.4, 0.5) is 11.4 Å². The number of aliphatic hydroxyl groups excluding tert-OH is 1. The van der Waals surface area contributed by atoms with Crippen LogP contribution in [-0.2, 0) is 4.74 Å². The third-order valence-corrected chi connectivity index (χ3v) is 4.37. The summed E-state index contributed by atoms with van der Waals surface area (Å²) >= 11 is 0. The normalized spacial score (nSPS) is 25.0. The average Bonchev–Trinajstić information content (AvgIpc) is 2.62. The summed E-state index contributed by atoms with van der Waals surface area (Å²) in [5, 5.41) is 14.4. The highest BCUT2D eigenvalue weighted by molar-refractivity contribution is 5.78. The van der Waals surface area contributed by atoms with Crippen LogP contribution in [0.1, 0.15) is 0 Å². The van der Waals surface area contributed by atoms with E-state index >= 15 is 0 Å². The van der Waals surface area contributed by atoms with Crippen molar-refractivity contribution < 1.29 is 14.6 Å². The summed E-state index contributed by atoms with van der Waals surface area (Å²) < 4.78 is 11.6. The molecule has 2 aliphatic rings. The minimum Gasteiger partial charge on any atom is -0.453 e. The Morgan fingerprint density at radius 1 is 1.04 bits per heavy atom. The molecule has 0 bridgehead atoms. The molecule has 2 aromatic rings. The molecule has 2 aliphatic heterocycles. The van der Waals surface area contributed by atoms with E-state index in [0.717, 1.165) is 11.4 Å². The van der Waals surface area contributed by atoms with Crippen molar-refractivity contribution in [3.05, 3.63) is 59.0 Å². The fourth-order valence-corrected chi connectivity index (χ4v) is 3.25. The minimum absolute atomic E-state index is 0.218. The van der Waals surface area contributed by atoms with Crippen molar-refractivity contribution in [2.75, 3.05) is 18.1 Å². The zero-order valence-corrected chi connectivity index (χ0v) is 12.8. The topological polar surface area (TPSA) is 90.7 Å². The monoisotopic (exact) mass is 324 g/mol. The molecule has 2 aromatic carbocycles. The van der Waals surface area contributed by atoms with E-state index in [1.165, 1.54) is 0 Å². The highest BCUT2D eigenvalue weighted by Gasteiger charge is 2.39. The van der Waals surface area contributed by atoms with Crippen LogP contribution in [0, 0.1) is 0 Å². The van der Waals surface area contributed by atoms with Gasteiger partial charge in [-0.1, -0.05) is 29.4 Å². The first-order chi connectivity index (χ1) is 11.8. The van der Waals surface area contributed by atoms with Gasteiger partial charge in [0.2, 0.25) is 0 Å². The molecule has 0 radical (unpaired) electrons. The van der Waals surface area contributed by atoms with Gasteiger partial charge in [-0.3, -0.25) is 0 Å². The smallest absolute Gasteiger partial charge is 0.151 e. The first-order valence-corrected chi connectivity index (χ1v) is 7.75. The van der Waals surface area contributed by atoms with Gasteiger partial charge in [-0.2, -0.15) is 0 Å². The summed E-state index contributed by atoms with van der Waals surface area (Å²) in [6, 6.07) is 14.3. The maximum atomic E-state index is 10.7. The zero-order valence-electron chi connectivity index (χ0n) is 12.8. The molecule has 0 saturated carbocycles. The number of hydrogen-bond acceptors (Lipinski definition) is 5. The maximum absolute atomic E-state index is 10.7. The van der Waals surface area contributed by atoms with Gasteiger partial charge in [0.1, 0.15) is 0 Å². The number of fused-ring (bicyclic) bond motifs is 2. The quantitative estimate of drug-likeness (QED) is 0.521. The van der Waals surface area contributed by atoms with Crippen molar-refractivity contribution in [1.82, 2.24) is 0 Å². The van der Waals surface area contributed by atoms with Crippen LogP contribution < -0.4 is 9.64 Å². The largest absolute Gasteiger partial charge is 0.453 e. The lowest BCUT2D eigenvalue weighted by Crippen LogP contribution is -2.54. The standard InChI is InChI=1S/C17H16N4O3/c18-20-19-11-9-23-10-14(17(11)22)21-12-5-1-3-7-15(12)24-16-8-4-2-6-13(16)21/h1-8,11,14,17,22H,9-10H2/t11?,14-,17+/m0/s1. The molecule has 3 atom stereocenters. The zero-order chi connectivity index (χ0) is 16.5. The predicted molar refractivity (Wildman–Crippen MR) is 88.6 cm³/mol. The van der Waals surface area contributed by atoms with E-state index in [2.05, 4.69) is 10.0 Å². The Morgan fingerprint density at radius 3 is 2.29 bits per heavy atom. The van der Waals surface area contributed by atoms with Gasteiger partial charge in [0.15, 0.2) is 11.5 Å². The van der Waals surface area contributed by atoms with Gasteiger partial charge in [0.25, 0.3) is 0 Å². The molecule has 0 aromatic heterocycles. The van der Waals surface area contributed by atoms with Crippen molar-refractivity contribution in [3.63, 3.8) is 0 Å². The van der Waals surface area contributed by atoms with Crippen LogP contribution in [0.25, 0.3) is 10.4 Å². The molecule has 1 N–H and O–H groups in total. The number of ether oxygens (including phenoxy) is 2. The fourth-order valence-electron chi connectivity index (χ4n) is 3.25. The molecule has 0 amide bonds. The maximum Gasteiger partial charge on any atom is 0.151 e. The summed E-state index contributed by atoms with van der Waals surface area (Å²) in [4.78, 5) is 4.83. The second-order valence-electron chi connectivity index (χ2n) is 5.78. The molecule has 7 heteroatoms. The van der Waals surface area contributed by atoms with Gasteiger partial charge in [-0.25, -0.2) is 0 Å². The van der Waals surface area contributed by atoms with E-state index in [1.54, 1.807) is 0 Å². The van der Waals surface area contributed by atoms with Gasteiger partial charge in [-0.15, -0.1) is 0 Å². The Balaban J connectivity index is 1.81. The van der Waals surface area contributed by atoms with Crippen molar-refractivity contribution in [2.45, 2.75) is 18.2 Å². The average molecular weight is 324 g/mol. The molecule has 0 spiro atoms. The molecule has 1 fully saturated rings. The van der Waals surface area contributed by atoms with Crippen molar-refractivity contribution in [1.29, 1.82) is 0 Å². The van der Waals surface area contributed by atoms with E-state index in [-0.39, 0.29) is 12.6 Å². The Labute approximate surface area is 138 Å². The third kappa shape index (κ3) is 2.35. The van der Waals surface area contributed by atoms with Crippen LogP contribution in [0.3, 0.4) is 0 Å². The fraction of sp³-hybridized carbons (Fsp3) is 0.294. The molecule has 1 unspecified atom stereocenters. The summed E-state index contributed by atoms with van der Waals surface area (Å²) in [6.45, 7) is 0.552. The number of para-hydroxylation sites is 4. The molecule has 1 saturated heterocycles. The summed E-state index contributed by atoms with van der Waals surface area (Å²) in [7, 11) is 0. The van der Waals surface area contributed by atoms with E-state index in [4.69, 9.17) is 15.0 Å². The lowest BCUT2D eigenvalue weighted by atomic mass is 9.98. The molecular formula is C17H16N4O3. The molecule has 7 nitrogen and oxygen atoms in total. The number of anilines is 2. The number of benzene rings is 2. The molecule has 24 heavy (non-hydrogen) atoms. The highest BCUT2D eigenvalue weighted by Crippen LogP contribution is 2.48. The van der Waals surface area contributed by atoms with Gasteiger partial charge >= 0.3 is 0 Å². The molecular weight excluding hydrogens is 308 g/mol. The second-order valence-corrected chi connectivity index (χ2v) is 5.78. The number of azide groups is 1. The van der Waals surface area contributed by atoms with E-state index in [0.29, 0.717) is 18.1 Å².